The largest absolute Gasteiger partial charge is 0.224 e. The van der Waals surface area contributed by atoms with Gasteiger partial charge in [0.15, 0.2) is 9.84 Å². The molecule has 66 valence electrons. The fourth-order valence-corrected chi connectivity index (χ4v) is 1.27. The summed E-state index contributed by atoms with van der Waals surface area (Å²) in [4.78, 5) is 0.367. The third-order valence-corrected chi connectivity index (χ3v) is 2.84. The van der Waals surface area contributed by atoms with Crippen molar-refractivity contribution in [2.75, 3.05) is 6.26 Å². The van der Waals surface area contributed by atoms with Crippen LogP contribution in [0.15, 0.2) is 11.5 Å². The Bertz CT molecular complexity index is 214. The first-order chi connectivity index (χ1) is 4.98. The minimum Gasteiger partial charge on any atom is -0.224 e. The van der Waals surface area contributed by atoms with Crippen LogP contribution in [0.1, 0.15) is 32.6 Å². The Kier molecular flexibility index (Phi) is 4.42. The second-order valence-electron chi connectivity index (χ2n) is 2.77. The Morgan fingerprint density at radius 3 is 2.27 bits per heavy atom. The van der Waals surface area contributed by atoms with Crippen molar-refractivity contribution >= 4 is 9.84 Å². The highest BCUT2D eigenvalue weighted by Crippen LogP contribution is 2.11. The SMILES string of the molecule is C=C(CCCCC)S(C)(=O)=O. The highest BCUT2D eigenvalue weighted by Gasteiger charge is 2.06. The van der Waals surface area contributed by atoms with Gasteiger partial charge in [0, 0.05) is 11.2 Å². The average molecular weight is 176 g/mol. The fraction of sp³-hybridized carbons (Fsp3) is 0.750. The second-order valence-corrected chi connectivity index (χ2v) is 4.89. The van der Waals surface area contributed by atoms with E-state index in [1.165, 1.54) is 6.26 Å². The maximum atomic E-state index is 10.8. The lowest BCUT2D eigenvalue weighted by atomic mass is 10.2. The Labute approximate surface area is 69.2 Å². The van der Waals surface area contributed by atoms with Gasteiger partial charge in [-0.15, -0.1) is 0 Å². The minimum atomic E-state index is -2.98. The van der Waals surface area contributed by atoms with Crippen LogP contribution in [0.4, 0.5) is 0 Å². The molecule has 11 heavy (non-hydrogen) atoms. The summed E-state index contributed by atoms with van der Waals surface area (Å²) in [5, 5.41) is 0. The number of allylic oxidation sites excluding steroid dienone is 1. The van der Waals surface area contributed by atoms with Crippen LogP contribution in [0.3, 0.4) is 0 Å². The molecular formula is C8H16O2S. The summed E-state index contributed by atoms with van der Waals surface area (Å²) < 4.78 is 21.7. The first-order valence-electron chi connectivity index (χ1n) is 3.86. The summed E-state index contributed by atoms with van der Waals surface area (Å²) in [6.07, 6.45) is 4.95. The van der Waals surface area contributed by atoms with E-state index in [-0.39, 0.29) is 0 Å². The van der Waals surface area contributed by atoms with Gasteiger partial charge in [-0.3, -0.25) is 0 Å². The molecule has 0 aliphatic heterocycles. The van der Waals surface area contributed by atoms with Gasteiger partial charge in [0.2, 0.25) is 0 Å². The quantitative estimate of drug-likeness (QED) is 0.601. The molecule has 0 N–H and O–H groups in total. The Morgan fingerprint density at radius 1 is 1.36 bits per heavy atom. The summed E-state index contributed by atoms with van der Waals surface area (Å²) >= 11 is 0. The van der Waals surface area contributed by atoms with Gasteiger partial charge in [0.1, 0.15) is 0 Å². The Hall–Kier alpha value is -0.310. The normalized spacial score (nSPS) is 11.5. The van der Waals surface area contributed by atoms with E-state index in [9.17, 15) is 8.42 Å². The summed E-state index contributed by atoms with van der Waals surface area (Å²) in [6, 6.07) is 0. The molecule has 0 aromatic heterocycles. The van der Waals surface area contributed by atoms with Crippen molar-refractivity contribution < 1.29 is 8.42 Å². The topological polar surface area (TPSA) is 34.1 Å². The maximum Gasteiger partial charge on any atom is 0.171 e. The van der Waals surface area contributed by atoms with E-state index in [1.54, 1.807) is 0 Å². The Morgan fingerprint density at radius 2 is 1.91 bits per heavy atom. The smallest absolute Gasteiger partial charge is 0.171 e. The monoisotopic (exact) mass is 176 g/mol. The summed E-state index contributed by atoms with van der Waals surface area (Å²) in [5.41, 5.74) is 0. The maximum absolute atomic E-state index is 10.8. The molecule has 0 unspecified atom stereocenters. The highest BCUT2D eigenvalue weighted by molar-refractivity contribution is 7.94. The first kappa shape index (κ1) is 10.7. The molecule has 2 nitrogen and oxygen atoms in total. The van der Waals surface area contributed by atoms with Crippen molar-refractivity contribution in [3.05, 3.63) is 11.5 Å². The molecule has 0 saturated heterocycles. The van der Waals surface area contributed by atoms with Crippen molar-refractivity contribution in [1.82, 2.24) is 0 Å². The zero-order valence-electron chi connectivity index (χ0n) is 7.26. The predicted molar refractivity (Wildman–Crippen MR) is 48.1 cm³/mol. The van der Waals surface area contributed by atoms with Crippen molar-refractivity contribution in [3.63, 3.8) is 0 Å². The summed E-state index contributed by atoms with van der Waals surface area (Å²) in [7, 11) is -2.98. The van der Waals surface area contributed by atoms with Gasteiger partial charge in [-0.25, -0.2) is 8.42 Å². The number of hydrogen-bond acceptors (Lipinski definition) is 2. The molecule has 0 saturated carbocycles. The summed E-state index contributed by atoms with van der Waals surface area (Å²) in [6.45, 7) is 5.60. The lowest BCUT2D eigenvalue weighted by Gasteiger charge is -2.00. The molecule has 0 aliphatic carbocycles. The molecule has 0 spiro atoms. The van der Waals surface area contributed by atoms with Gasteiger partial charge in [-0.2, -0.15) is 0 Å². The van der Waals surface area contributed by atoms with Gasteiger partial charge in [0.05, 0.1) is 0 Å². The molecular weight excluding hydrogens is 160 g/mol. The van der Waals surface area contributed by atoms with E-state index in [1.807, 2.05) is 0 Å². The van der Waals surface area contributed by atoms with Crippen LogP contribution in [-0.2, 0) is 9.84 Å². The molecule has 0 atom stereocenters. The number of rotatable bonds is 5. The van der Waals surface area contributed by atoms with Gasteiger partial charge in [-0.1, -0.05) is 26.3 Å². The van der Waals surface area contributed by atoms with Crippen LogP contribution >= 0.6 is 0 Å². The van der Waals surface area contributed by atoms with E-state index in [0.717, 1.165) is 19.3 Å². The lowest BCUT2D eigenvalue weighted by Crippen LogP contribution is -1.99. The molecule has 0 aromatic carbocycles. The molecule has 0 aromatic rings. The molecule has 0 heterocycles. The average Bonchev–Trinajstić information content (AvgIpc) is 1.86. The van der Waals surface area contributed by atoms with Crippen LogP contribution in [-0.4, -0.2) is 14.7 Å². The molecule has 3 heteroatoms. The number of sulfone groups is 1. The first-order valence-corrected chi connectivity index (χ1v) is 5.75. The standard InChI is InChI=1S/C8H16O2S/c1-4-5-6-7-8(2)11(3,9)10/h2,4-7H2,1,3H3. The number of hydrogen-bond donors (Lipinski definition) is 0. The third-order valence-electron chi connectivity index (χ3n) is 1.58. The third kappa shape index (κ3) is 5.01. The molecule has 0 fully saturated rings. The Balaban J connectivity index is 3.72. The van der Waals surface area contributed by atoms with Gasteiger partial charge >= 0.3 is 0 Å². The van der Waals surface area contributed by atoms with Crippen molar-refractivity contribution in [2.24, 2.45) is 0 Å². The lowest BCUT2D eigenvalue weighted by molar-refractivity contribution is 0.603. The van der Waals surface area contributed by atoms with Gasteiger partial charge in [0.25, 0.3) is 0 Å². The summed E-state index contributed by atoms with van der Waals surface area (Å²) in [5.74, 6) is 0. The van der Waals surface area contributed by atoms with Crippen LogP contribution in [0, 0.1) is 0 Å². The molecule has 0 bridgehead atoms. The van der Waals surface area contributed by atoms with Crippen LogP contribution < -0.4 is 0 Å². The van der Waals surface area contributed by atoms with E-state index in [4.69, 9.17) is 0 Å². The molecule has 0 aliphatic rings. The van der Waals surface area contributed by atoms with Crippen LogP contribution in [0.5, 0.6) is 0 Å². The van der Waals surface area contributed by atoms with Crippen LogP contribution in [0.2, 0.25) is 0 Å². The zero-order chi connectivity index (χ0) is 8.91. The van der Waals surface area contributed by atoms with Crippen molar-refractivity contribution in [1.29, 1.82) is 0 Å². The van der Waals surface area contributed by atoms with E-state index >= 15 is 0 Å². The molecule has 0 radical (unpaired) electrons. The minimum absolute atomic E-state index is 0.367. The molecule has 0 amide bonds. The van der Waals surface area contributed by atoms with Gasteiger partial charge in [-0.05, 0) is 12.8 Å². The highest BCUT2D eigenvalue weighted by atomic mass is 32.2. The van der Waals surface area contributed by atoms with Gasteiger partial charge < -0.3 is 0 Å². The van der Waals surface area contributed by atoms with Crippen molar-refractivity contribution in [3.8, 4) is 0 Å². The van der Waals surface area contributed by atoms with E-state index in [2.05, 4.69) is 13.5 Å². The van der Waals surface area contributed by atoms with Crippen LogP contribution in [0.25, 0.3) is 0 Å². The number of unbranched alkanes of at least 4 members (excludes halogenated alkanes) is 2. The molecule has 0 rings (SSSR count). The fourth-order valence-electron chi connectivity index (χ4n) is 0.758. The van der Waals surface area contributed by atoms with E-state index < -0.39 is 9.84 Å². The van der Waals surface area contributed by atoms with Crippen molar-refractivity contribution in [2.45, 2.75) is 32.6 Å². The van der Waals surface area contributed by atoms with E-state index in [0.29, 0.717) is 11.3 Å². The predicted octanol–water partition coefficient (Wildman–Crippen LogP) is 2.12. The second kappa shape index (κ2) is 4.54. The zero-order valence-corrected chi connectivity index (χ0v) is 8.08.